The van der Waals surface area contributed by atoms with Gasteiger partial charge >= 0.3 is 0 Å². The highest BCUT2D eigenvalue weighted by Gasteiger charge is 2.09. The van der Waals surface area contributed by atoms with E-state index in [9.17, 15) is 0 Å². The van der Waals surface area contributed by atoms with E-state index in [0.717, 1.165) is 16.6 Å². The highest BCUT2D eigenvalue weighted by Crippen LogP contribution is 2.27. The van der Waals surface area contributed by atoms with Gasteiger partial charge in [-0.2, -0.15) is 0 Å². The number of aryl methyl sites for hydroxylation is 1. The molecule has 0 saturated heterocycles. The van der Waals surface area contributed by atoms with E-state index in [-0.39, 0.29) is 0 Å². The number of nitrogens with zero attached hydrogens (tertiary/aromatic N) is 2. The summed E-state index contributed by atoms with van der Waals surface area (Å²) < 4.78 is 0. The smallest absolute Gasteiger partial charge is 0.148 e. The topological polar surface area (TPSA) is 37.8 Å². The summed E-state index contributed by atoms with van der Waals surface area (Å²) in [6.45, 7) is 5.03. The first-order chi connectivity index (χ1) is 7.72. The van der Waals surface area contributed by atoms with Crippen molar-refractivity contribution in [2.45, 2.75) is 20.4 Å². The average Bonchev–Trinajstić information content (AvgIpc) is 2.71. The van der Waals surface area contributed by atoms with Crippen molar-refractivity contribution < 1.29 is 0 Å². The third kappa shape index (κ3) is 2.13. The lowest BCUT2D eigenvalue weighted by atomic mass is 10.0. The third-order valence-electron chi connectivity index (χ3n) is 2.63. The van der Waals surface area contributed by atoms with E-state index in [1.807, 2.05) is 7.05 Å². The number of benzene rings is 1. The van der Waals surface area contributed by atoms with Crippen LogP contribution in [0.3, 0.4) is 0 Å². The van der Waals surface area contributed by atoms with Crippen LogP contribution in [0, 0.1) is 13.8 Å². The number of hydrogen-bond acceptors (Lipinski definition) is 4. The summed E-state index contributed by atoms with van der Waals surface area (Å²) in [5.74, 6) is 0. The fraction of sp³-hybridized carbons (Fsp3) is 0.333. The van der Waals surface area contributed by atoms with Crippen LogP contribution in [-0.4, -0.2) is 17.2 Å². The predicted molar refractivity (Wildman–Crippen MR) is 67.6 cm³/mol. The maximum Gasteiger partial charge on any atom is 0.148 e. The second-order valence-electron chi connectivity index (χ2n) is 3.78. The highest BCUT2D eigenvalue weighted by molar-refractivity contribution is 7.14. The summed E-state index contributed by atoms with van der Waals surface area (Å²) in [6.07, 6.45) is 0. The molecule has 2 rings (SSSR count). The van der Waals surface area contributed by atoms with Gasteiger partial charge in [0.1, 0.15) is 10.0 Å². The van der Waals surface area contributed by atoms with Crippen molar-refractivity contribution in [3.05, 3.63) is 34.3 Å². The first-order valence-electron chi connectivity index (χ1n) is 5.26. The van der Waals surface area contributed by atoms with Gasteiger partial charge in [-0.15, -0.1) is 10.2 Å². The molecule has 0 spiro atoms. The molecule has 1 N–H and O–H groups in total. The number of hydrogen-bond donors (Lipinski definition) is 1. The predicted octanol–water partition coefficient (Wildman–Crippen LogP) is 2.54. The lowest BCUT2D eigenvalue weighted by Crippen LogP contribution is -2.04. The summed E-state index contributed by atoms with van der Waals surface area (Å²) in [7, 11) is 1.92. The van der Waals surface area contributed by atoms with Crippen LogP contribution in [0.4, 0.5) is 0 Å². The van der Waals surface area contributed by atoms with Crippen LogP contribution in [-0.2, 0) is 6.54 Å². The molecule has 0 bridgehead atoms. The van der Waals surface area contributed by atoms with Gasteiger partial charge in [0, 0.05) is 12.1 Å². The fourth-order valence-electron chi connectivity index (χ4n) is 1.57. The Kier molecular flexibility index (Phi) is 3.31. The van der Waals surface area contributed by atoms with Gasteiger partial charge in [0.25, 0.3) is 0 Å². The van der Waals surface area contributed by atoms with Gasteiger partial charge in [-0.05, 0) is 32.0 Å². The minimum absolute atomic E-state index is 0.780. The van der Waals surface area contributed by atoms with E-state index in [2.05, 4.69) is 47.6 Å². The SMILES string of the molecule is CNCc1nnc(-c2cccc(C)c2C)s1. The normalized spacial score (nSPS) is 10.7. The number of aromatic nitrogens is 2. The summed E-state index contributed by atoms with van der Waals surface area (Å²) in [6, 6.07) is 6.29. The van der Waals surface area contributed by atoms with E-state index in [1.54, 1.807) is 11.3 Å². The Hall–Kier alpha value is -1.26. The van der Waals surface area contributed by atoms with E-state index in [0.29, 0.717) is 0 Å². The minimum Gasteiger partial charge on any atom is -0.313 e. The van der Waals surface area contributed by atoms with E-state index in [4.69, 9.17) is 0 Å². The monoisotopic (exact) mass is 233 g/mol. The van der Waals surface area contributed by atoms with Crippen molar-refractivity contribution in [1.29, 1.82) is 0 Å². The Labute approximate surface area is 99.5 Å². The Balaban J connectivity index is 2.39. The highest BCUT2D eigenvalue weighted by atomic mass is 32.1. The summed E-state index contributed by atoms with van der Waals surface area (Å²) in [5, 5.41) is 13.5. The molecule has 1 aromatic heterocycles. The van der Waals surface area contributed by atoms with Crippen LogP contribution in [0.25, 0.3) is 10.6 Å². The zero-order valence-corrected chi connectivity index (χ0v) is 10.6. The molecule has 2 aromatic rings. The molecule has 0 atom stereocenters. The van der Waals surface area contributed by atoms with Crippen LogP contribution in [0.1, 0.15) is 16.1 Å². The zero-order valence-electron chi connectivity index (χ0n) is 9.74. The van der Waals surface area contributed by atoms with Gasteiger partial charge < -0.3 is 5.32 Å². The van der Waals surface area contributed by atoms with Gasteiger partial charge in [0.15, 0.2) is 0 Å². The van der Waals surface area contributed by atoms with Crippen molar-refractivity contribution in [1.82, 2.24) is 15.5 Å². The van der Waals surface area contributed by atoms with Crippen LogP contribution in [0.2, 0.25) is 0 Å². The van der Waals surface area contributed by atoms with Gasteiger partial charge in [-0.25, -0.2) is 0 Å². The number of rotatable bonds is 3. The maximum atomic E-state index is 4.24. The van der Waals surface area contributed by atoms with Crippen molar-refractivity contribution in [2.24, 2.45) is 0 Å². The first kappa shape index (κ1) is 11.2. The van der Waals surface area contributed by atoms with Crippen LogP contribution >= 0.6 is 11.3 Å². The van der Waals surface area contributed by atoms with E-state index in [1.165, 1.54) is 16.7 Å². The van der Waals surface area contributed by atoms with E-state index < -0.39 is 0 Å². The molecule has 0 radical (unpaired) electrons. The molecule has 84 valence electrons. The quantitative estimate of drug-likeness (QED) is 0.885. The molecule has 0 aliphatic heterocycles. The lowest BCUT2D eigenvalue weighted by molar-refractivity contribution is 0.795. The maximum absolute atomic E-state index is 4.24. The molecule has 0 aliphatic rings. The molecule has 4 heteroatoms. The van der Waals surface area contributed by atoms with Crippen LogP contribution in [0.5, 0.6) is 0 Å². The summed E-state index contributed by atoms with van der Waals surface area (Å²) >= 11 is 1.65. The number of nitrogens with one attached hydrogen (secondary N) is 1. The largest absolute Gasteiger partial charge is 0.313 e. The minimum atomic E-state index is 0.780. The summed E-state index contributed by atoms with van der Waals surface area (Å²) in [5.41, 5.74) is 3.78. The van der Waals surface area contributed by atoms with E-state index >= 15 is 0 Å². The second-order valence-corrected chi connectivity index (χ2v) is 4.84. The molecule has 0 fully saturated rings. The Morgan fingerprint density at radius 2 is 2.06 bits per heavy atom. The van der Waals surface area contributed by atoms with Crippen LogP contribution in [0.15, 0.2) is 18.2 Å². The van der Waals surface area contributed by atoms with Gasteiger partial charge in [-0.3, -0.25) is 0 Å². The molecule has 1 heterocycles. The molecule has 0 amide bonds. The van der Waals surface area contributed by atoms with Crippen molar-refractivity contribution in [2.75, 3.05) is 7.05 Å². The average molecular weight is 233 g/mol. The first-order valence-corrected chi connectivity index (χ1v) is 6.07. The molecule has 0 saturated carbocycles. The van der Waals surface area contributed by atoms with Crippen molar-refractivity contribution in [3.8, 4) is 10.6 Å². The molecule has 16 heavy (non-hydrogen) atoms. The van der Waals surface area contributed by atoms with Gasteiger partial charge in [0.2, 0.25) is 0 Å². The molecule has 0 aliphatic carbocycles. The fourth-order valence-corrected chi connectivity index (χ4v) is 2.50. The van der Waals surface area contributed by atoms with Crippen molar-refractivity contribution >= 4 is 11.3 Å². The molecular weight excluding hydrogens is 218 g/mol. The molecule has 1 aromatic carbocycles. The zero-order chi connectivity index (χ0) is 11.5. The molecule has 0 unspecified atom stereocenters. The lowest BCUT2D eigenvalue weighted by Gasteiger charge is -2.04. The van der Waals surface area contributed by atoms with Crippen LogP contribution < -0.4 is 5.32 Å². The van der Waals surface area contributed by atoms with Gasteiger partial charge in [-0.1, -0.05) is 29.5 Å². The Morgan fingerprint density at radius 1 is 1.25 bits per heavy atom. The Morgan fingerprint density at radius 3 is 2.81 bits per heavy atom. The second kappa shape index (κ2) is 4.72. The molecule has 3 nitrogen and oxygen atoms in total. The summed E-state index contributed by atoms with van der Waals surface area (Å²) in [4.78, 5) is 0. The standard InChI is InChI=1S/C12H15N3S/c1-8-5-4-6-10(9(8)2)12-15-14-11(16-12)7-13-3/h4-6,13H,7H2,1-3H3. The molecular formula is C12H15N3S. The Bertz CT molecular complexity index is 491. The van der Waals surface area contributed by atoms with Gasteiger partial charge in [0.05, 0.1) is 0 Å². The van der Waals surface area contributed by atoms with Crippen molar-refractivity contribution in [3.63, 3.8) is 0 Å². The third-order valence-corrected chi connectivity index (χ3v) is 3.59.